The van der Waals surface area contributed by atoms with Crippen molar-refractivity contribution in [1.29, 1.82) is 0 Å². The van der Waals surface area contributed by atoms with E-state index >= 15 is 0 Å². The van der Waals surface area contributed by atoms with Gasteiger partial charge in [-0.2, -0.15) is 0 Å². The highest BCUT2D eigenvalue weighted by Crippen LogP contribution is 2.28. The summed E-state index contributed by atoms with van der Waals surface area (Å²) in [5, 5.41) is 3.09. The van der Waals surface area contributed by atoms with E-state index in [0.29, 0.717) is 13.0 Å². The Labute approximate surface area is 108 Å². The van der Waals surface area contributed by atoms with E-state index in [1.54, 1.807) is 7.11 Å². The van der Waals surface area contributed by atoms with Crippen LogP contribution in [0.25, 0.3) is 0 Å². The molecule has 1 aromatic rings. The first-order chi connectivity index (χ1) is 8.81. The van der Waals surface area contributed by atoms with Crippen molar-refractivity contribution in [3.05, 3.63) is 23.8 Å². The van der Waals surface area contributed by atoms with Gasteiger partial charge in [0.15, 0.2) is 11.5 Å². The molecule has 0 saturated carbocycles. The van der Waals surface area contributed by atoms with Gasteiger partial charge in [0.25, 0.3) is 0 Å². The van der Waals surface area contributed by atoms with Crippen molar-refractivity contribution >= 4 is 0 Å². The van der Waals surface area contributed by atoms with E-state index in [2.05, 4.69) is 5.32 Å². The van der Waals surface area contributed by atoms with Gasteiger partial charge in [0, 0.05) is 6.54 Å². The lowest BCUT2D eigenvalue weighted by atomic mass is 10.2. The maximum absolute atomic E-state index is 11.9. The molecule has 0 radical (unpaired) electrons. The predicted molar refractivity (Wildman–Crippen MR) is 71.1 cm³/mol. The molecule has 0 aliphatic carbocycles. The van der Waals surface area contributed by atoms with Crippen LogP contribution in [0, 0.1) is 0 Å². The molecule has 1 aromatic carbocycles. The van der Waals surface area contributed by atoms with Gasteiger partial charge in [0.2, 0.25) is 0 Å². The molecule has 0 amide bonds. The van der Waals surface area contributed by atoms with Gasteiger partial charge in [0.1, 0.15) is 0 Å². The largest absolute Gasteiger partial charge is 0.493 e. The zero-order chi connectivity index (χ0) is 13.2. The number of methoxy groups -OCH3 is 1. The number of nitrogens with one attached hydrogen (secondary N) is 1. The zero-order valence-corrected chi connectivity index (χ0v) is 11.2. The topological polar surface area (TPSA) is 30.5 Å². The molecule has 0 atom stereocenters. The molecule has 4 heteroatoms. The van der Waals surface area contributed by atoms with E-state index in [4.69, 9.17) is 9.47 Å². The van der Waals surface area contributed by atoms with Crippen LogP contribution in [-0.4, -0.2) is 27.4 Å². The highest BCUT2D eigenvalue weighted by atomic mass is 19.1. The molecule has 0 aliphatic heterocycles. The molecule has 102 valence electrons. The Morgan fingerprint density at radius 3 is 2.67 bits per heavy atom. The number of rotatable bonds is 9. The number of ether oxygens (including phenoxy) is 2. The third kappa shape index (κ3) is 4.92. The summed E-state index contributed by atoms with van der Waals surface area (Å²) < 4.78 is 22.9. The normalized spacial score (nSPS) is 10.4. The van der Waals surface area contributed by atoms with Crippen molar-refractivity contribution in [3.63, 3.8) is 0 Å². The highest BCUT2D eigenvalue weighted by molar-refractivity contribution is 5.42. The average Bonchev–Trinajstić information content (AvgIpc) is 2.39. The van der Waals surface area contributed by atoms with E-state index < -0.39 is 0 Å². The minimum atomic E-state index is -0.249. The lowest BCUT2D eigenvalue weighted by Crippen LogP contribution is -2.06. The number of alkyl halides is 1. The molecule has 0 aliphatic rings. The Hall–Kier alpha value is -1.29. The molecule has 18 heavy (non-hydrogen) atoms. The summed E-state index contributed by atoms with van der Waals surface area (Å²) in [5.41, 5.74) is 1.15. The van der Waals surface area contributed by atoms with Gasteiger partial charge in [-0.05, 0) is 44.0 Å². The first-order valence-electron chi connectivity index (χ1n) is 6.32. The summed E-state index contributed by atoms with van der Waals surface area (Å²) in [6.45, 7) is 1.14. The van der Waals surface area contributed by atoms with E-state index in [0.717, 1.165) is 36.4 Å². The van der Waals surface area contributed by atoms with Gasteiger partial charge in [-0.25, -0.2) is 0 Å². The molecular weight excluding hydrogens is 233 g/mol. The van der Waals surface area contributed by atoms with Gasteiger partial charge in [-0.15, -0.1) is 0 Å². The highest BCUT2D eigenvalue weighted by Gasteiger charge is 2.05. The van der Waals surface area contributed by atoms with E-state index in [1.165, 1.54) is 0 Å². The Kier molecular flexibility index (Phi) is 7.18. The molecule has 0 aromatic heterocycles. The van der Waals surface area contributed by atoms with Crippen molar-refractivity contribution in [1.82, 2.24) is 5.32 Å². The second-order valence-electron chi connectivity index (χ2n) is 4.11. The van der Waals surface area contributed by atoms with Crippen molar-refractivity contribution in [3.8, 4) is 11.5 Å². The molecule has 0 bridgehead atoms. The quantitative estimate of drug-likeness (QED) is 0.688. The first kappa shape index (κ1) is 14.8. The van der Waals surface area contributed by atoms with Crippen molar-refractivity contribution < 1.29 is 13.9 Å². The number of hydrogen-bond donors (Lipinski definition) is 1. The van der Waals surface area contributed by atoms with Gasteiger partial charge in [0.05, 0.1) is 20.4 Å². The van der Waals surface area contributed by atoms with Crippen LogP contribution >= 0.6 is 0 Å². The smallest absolute Gasteiger partial charge is 0.161 e. The summed E-state index contributed by atoms with van der Waals surface area (Å²) in [5.74, 6) is 1.49. The minimum Gasteiger partial charge on any atom is -0.493 e. The van der Waals surface area contributed by atoms with Crippen LogP contribution in [0.3, 0.4) is 0 Å². The summed E-state index contributed by atoms with van der Waals surface area (Å²) in [6, 6.07) is 5.89. The summed E-state index contributed by atoms with van der Waals surface area (Å²) in [6.07, 6.45) is 2.33. The van der Waals surface area contributed by atoms with Crippen molar-refractivity contribution in [2.75, 3.05) is 27.4 Å². The van der Waals surface area contributed by atoms with Crippen LogP contribution in [0.5, 0.6) is 11.5 Å². The number of hydrogen-bond acceptors (Lipinski definition) is 3. The zero-order valence-electron chi connectivity index (χ0n) is 11.2. The Bertz CT molecular complexity index is 345. The fourth-order valence-corrected chi connectivity index (χ4v) is 1.70. The lowest BCUT2D eigenvalue weighted by molar-refractivity contribution is 0.282. The number of benzene rings is 1. The SMILES string of the molecule is CNCc1ccc(OC)c(OCCCCCF)c1. The fraction of sp³-hybridized carbons (Fsp3) is 0.571. The van der Waals surface area contributed by atoms with Crippen LogP contribution in [0.15, 0.2) is 18.2 Å². The minimum absolute atomic E-state index is 0.249. The monoisotopic (exact) mass is 255 g/mol. The molecule has 0 saturated heterocycles. The first-order valence-corrected chi connectivity index (χ1v) is 6.32. The van der Waals surface area contributed by atoms with Crippen LogP contribution in [0.1, 0.15) is 24.8 Å². The molecule has 0 fully saturated rings. The van der Waals surface area contributed by atoms with E-state index in [9.17, 15) is 4.39 Å². The lowest BCUT2D eigenvalue weighted by Gasteiger charge is -2.12. The Morgan fingerprint density at radius 1 is 1.17 bits per heavy atom. The molecular formula is C14H22FNO2. The second-order valence-corrected chi connectivity index (χ2v) is 4.11. The second kappa shape index (κ2) is 8.75. The molecule has 0 unspecified atom stereocenters. The van der Waals surface area contributed by atoms with Crippen LogP contribution < -0.4 is 14.8 Å². The van der Waals surface area contributed by atoms with Gasteiger partial charge >= 0.3 is 0 Å². The summed E-state index contributed by atoms with van der Waals surface area (Å²) >= 11 is 0. The van der Waals surface area contributed by atoms with E-state index in [-0.39, 0.29) is 6.67 Å². The van der Waals surface area contributed by atoms with Gasteiger partial charge in [-0.3, -0.25) is 4.39 Å². The number of halogens is 1. The Morgan fingerprint density at radius 2 is 2.00 bits per heavy atom. The van der Waals surface area contributed by atoms with Crippen molar-refractivity contribution in [2.45, 2.75) is 25.8 Å². The third-order valence-corrected chi connectivity index (χ3v) is 2.64. The number of unbranched alkanes of at least 4 members (excludes halogenated alkanes) is 2. The van der Waals surface area contributed by atoms with E-state index in [1.807, 2.05) is 25.2 Å². The molecule has 3 nitrogen and oxygen atoms in total. The summed E-state index contributed by atoms with van der Waals surface area (Å²) in [7, 11) is 3.53. The fourth-order valence-electron chi connectivity index (χ4n) is 1.70. The predicted octanol–water partition coefficient (Wildman–Crippen LogP) is 2.93. The molecule has 0 heterocycles. The standard InChI is InChI=1S/C14H22FNO2/c1-16-11-12-6-7-13(17-2)14(10-12)18-9-5-3-4-8-15/h6-7,10,16H,3-5,8-9,11H2,1-2H3. The molecule has 0 spiro atoms. The maximum Gasteiger partial charge on any atom is 0.161 e. The van der Waals surface area contributed by atoms with Crippen molar-refractivity contribution in [2.24, 2.45) is 0 Å². The summed E-state index contributed by atoms with van der Waals surface area (Å²) in [4.78, 5) is 0. The third-order valence-electron chi connectivity index (χ3n) is 2.64. The van der Waals surface area contributed by atoms with Crippen LogP contribution in [0.2, 0.25) is 0 Å². The maximum atomic E-state index is 11.9. The van der Waals surface area contributed by atoms with Crippen LogP contribution in [-0.2, 0) is 6.54 Å². The molecule has 1 N–H and O–H groups in total. The van der Waals surface area contributed by atoms with Crippen LogP contribution in [0.4, 0.5) is 4.39 Å². The average molecular weight is 255 g/mol. The van der Waals surface area contributed by atoms with Gasteiger partial charge < -0.3 is 14.8 Å². The Balaban J connectivity index is 2.52. The van der Waals surface area contributed by atoms with Gasteiger partial charge in [-0.1, -0.05) is 6.07 Å². The molecule has 1 rings (SSSR count).